The van der Waals surface area contributed by atoms with Crippen molar-refractivity contribution in [1.29, 1.82) is 0 Å². The first kappa shape index (κ1) is 17.7. The number of hydrogen-bond acceptors (Lipinski definition) is 4. The van der Waals surface area contributed by atoms with Crippen molar-refractivity contribution in [3.05, 3.63) is 35.4 Å². The van der Waals surface area contributed by atoms with Gasteiger partial charge < -0.3 is 15.2 Å². The van der Waals surface area contributed by atoms with Crippen molar-refractivity contribution >= 4 is 5.97 Å². The second-order valence-electron chi connectivity index (χ2n) is 5.73. The molecule has 4 nitrogen and oxygen atoms in total. The molecule has 0 bridgehead atoms. The van der Waals surface area contributed by atoms with Crippen LogP contribution < -0.4 is 5.32 Å². The summed E-state index contributed by atoms with van der Waals surface area (Å²) in [5.41, 5.74) is 2.08. The van der Waals surface area contributed by atoms with Crippen molar-refractivity contribution in [2.45, 2.75) is 45.8 Å². The fraction of sp³-hybridized carbons (Fsp3) is 0.588. The topological polar surface area (TPSA) is 58.6 Å². The Balaban J connectivity index is 2.77. The first-order valence-corrected chi connectivity index (χ1v) is 7.55. The zero-order chi connectivity index (χ0) is 15.8. The Morgan fingerprint density at radius 3 is 2.38 bits per heavy atom. The number of benzene rings is 1. The summed E-state index contributed by atoms with van der Waals surface area (Å²) in [6, 6.07) is 7.62. The van der Waals surface area contributed by atoms with Crippen LogP contribution in [0.5, 0.6) is 0 Å². The Labute approximate surface area is 127 Å². The molecule has 0 amide bonds. The van der Waals surface area contributed by atoms with E-state index in [0.29, 0.717) is 12.5 Å². The fourth-order valence-corrected chi connectivity index (χ4v) is 2.38. The molecule has 2 atom stereocenters. The van der Waals surface area contributed by atoms with Crippen LogP contribution in [0.1, 0.15) is 44.4 Å². The molecule has 0 spiro atoms. The van der Waals surface area contributed by atoms with E-state index in [2.05, 4.69) is 23.9 Å². The average molecular weight is 293 g/mol. The second kappa shape index (κ2) is 8.80. The molecular formula is C17H27NO3. The molecule has 118 valence electrons. The minimum Gasteiger partial charge on any atom is -0.469 e. The van der Waals surface area contributed by atoms with E-state index in [1.165, 1.54) is 12.7 Å². The van der Waals surface area contributed by atoms with Crippen molar-refractivity contribution < 1.29 is 14.6 Å². The van der Waals surface area contributed by atoms with Crippen molar-refractivity contribution in [3.8, 4) is 0 Å². The van der Waals surface area contributed by atoms with Crippen LogP contribution in [-0.2, 0) is 16.0 Å². The van der Waals surface area contributed by atoms with Crippen molar-refractivity contribution in [2.75, 3.05) is 13.7 Å². The lowest BCUT2D eigenvalue weighted by molar-refractivity contribution is -0.142. The molecule has 2 unspecified atom stereocenters. The van der Waals surface area contributed by atoms with E-state index in [4.69, 9.17) is 0 Å². The number of aliphatic hydroxyl groups is 1. The molecule has 0 aliphatic heterocycles. The lowest BCUT2D eigenvalue weighted by Crippen LogP contribution is -2.37. The summed E-state index contributed by atoms with van der Waals surface area (Å²) in [6.45, 7) is 6.99. The summed E-state index contributed by atoms with van der Waals surface area (Å²) in [4.78, 5) is 11.4. The van der Waals surface area contributed by atoms with Gasteiger partial charge in [-0.05, 0) is 30.0 Å². The zero-order valence-electron chi connectivity index (χ0n) is 13.4. The van der Waals surface area contributed by atoms with Gasteiger partial charge >= 0.3 is 5.97 Å². The van der Waals surface area contributed by atoms with Crippen LogP contribution >= 0.6 is 0 Å². The number of rotatable bonds is 8. The van der Waals surface area contributed by atoms with Gasteiger partial charge in [-0.2, -0.15) is 0 Å². The predicted molar refractivity (Wildman–Crippen MR) is 84.0 cm³/mol. The van der Waals surface area contributed by atoms with Crippen molar-refractivity contribution in [2.24, 2.45) is 5.92 Å². The molecule has 0 radical (unpaired) electrons. The maximum atomic E-state index is 11.4. The Bertz CT molecular complexity index is 428. The first-order valence-electron chi connectivity index (χ1n) is 7.55. The van der Waals surface area contributed by atoms with E-state index in [1.54, 1.807) is 0 Å². The number of hydrogen-bond donors (Lipinski definition) is 2. The SMILES string of the molecule is CCNC(CC(=O)OC)C(O)c1ccc(CC(C)C)cc1. The summed E-state index contributed by atoms with van der Waals surface area (Å²) in [6.07, 6.45) is 0.450. The molecule has 21 heavy (non-hydrogen) atoms. The molecule has 0 fully saturated rings. The van der Waals surface area contributed by atoms with Gasteiger partial charge in [-0.15, -0.1) is 0 Å². The van der Waals surface area contributed by atoms with Crippen LogP contribution in [-0.4, -0.2) is 30.8 Å². The van der Waals surface area contributed by atoms with Crippen molar-refractivity contribution in [3.63, 3.8) is 0 Å². The quantitative estimate of drug-likeness (QED) is 0.723. The van der Waals surface area contributed by atoms with E-state index < -0.39 is 6.10 Å². The summed E-state index contributed by atoms with van der Waals surface area (Å²) in [5, 5.41) is 13.6. The fourth-order valence-electron chi connectivity index (χ4n) is 2.38. The number of likely N-dealkylation sites (N-methyl/N-ethyl adjacent to an activating group) is 1. The van der Waals surface area contributed by atoms with Gasteiger partial charge in [0.25, 0.3) is 0 Å². The summed E-state index contributed by atoms with van der Waals surface area (Å²) in [5.74, 6) is 0.283. The van der Waals surface area contributed by atoms with Crippen LogP contribution in [0, 0.1) is 5.92 Å². The highest BCUT2D eigenvalue weighted by Crippen LogP contribution is 2.21. The molecule has 0 aliphatic carbocycles. The average Bonchev–Trinajstić information content (AvgIpc) is 2.46. The third-order valence-electron chi connectivity index (χ3n) is 3.43. The molecule has 0 heterocycles. The number of carbonyl (C=O) groups is 1. The molecule has 1 aromatic carbocycles. The Morgan fingerprint density at radius 1 is 1.29 bits per heavy atom. The number of methoxy groups -OCH3 is 1. The maximum absolute atomic E-state index is 11.4. The van der Waals surface area contributed by atoms with E-state index in [9.17, 15) is 9.90 Å². The molecule has 2 N–H and O–H groups in total. The molecule has 4 heteroatoms. The number of nitrogens with one attached hydrogen (secondary N) is 1. The Morgan fingerprint density at radius 2 is 1.90 bits per heavy atom. The molecule has 0 aromatic heterocycles. The third kappa shape index (κ3) is 5.86. The van der Waals surface area contributed by atoms with Gasteiger partial charge in [-0.3, -0.25) is 4.79 Å². The minimum atomic E-state index is -0.725. The second-order valence-corrected chi connectivity index (χ2v) is 5.73. The normalized spacial score (nSPS) is 14.0. The minimum absolute atomic E-state index is 0.152. The lowest BCUT2D eigenvalue weighted by Gasteiger charge is -2.23. The van der Waals surface area contributed by atoms with E-state index in [0.717, 1.165) is 12.0 Å². The molecular weight excluding hydrogens is 266 g/mol. The predicted octanol–water partition coefficient (Wildman–Crippen LogP) is 2.46. The highest BCUT2D eigenvalue weighted by molar-refractivity contribution is 5.70. The highest BCUT2D eigenvalue weighted by Gasteiger charge is 2.23. The summed E-state index contributed by atoms with van der Waals surface area (Å²) in [7, 11) is 1.36. The van der Waals surface area contributed by atoms with E-state index >= 15 is 0 Å². The number of carbonyl (C=O) groups excluding carboxylic acids is 1. The highest BCUT2D eigenvalue weighted by atomic mass is 16.5. The van der Waals surface area contributed by atoms with Crippen LogP contribution in [0.4, 0.5) is 0 Å². The lowest BCUT2D eigenvalue weighted by atomic mass is 9.96. The maximum Gasteiger partial charge on any atom is 0.307 e. The van der Waals surface area contributed by atoms with Gasteiger partial charge in [0.2, 0.25) is 0 Å². The molecule has 1 rings (SSSR count). The molecule has 0 saturated carbocycles. The standard InChI is InChI=1S/C17H27NO3/c1-5-18-15(11-16(19)21-4)17(20)14-8-6-13(7-9-14)10-12(2)3/h6-9,12,15,17-18,20H,5,10-11H2,1-4H3. The van der Waals surface area contributed by atoms with Gasteiger partial charge in [0.15, 0.2) is 0 Å². The monoisotopic (exact) mass is 293 g/mol. The summed E-state index contributed by atoms with van der Waals surface area (Å²) >= 11 is 0. The van der Waals surface area contributed by atoms with Gasteiger partial charge in [0.05, 0.1) is 19.6 Å². The Kier molecular flexibility index (Phi) is 7.40. The zero-order valence-corrected chi connectivity index (χ0v) is 13.4. The van der Waals surface area contributed by atoms with Crippen LogP contribution in [0.3, 0.4) is 0 Å². The van der Waals surface area contributed by atoms with Crippen LogP contribution in [0.15, 0.2) is 24.3 Å². The number of ether oxygens (including phenoxy) is 1. The van der Waals surface area contributed by atoms with Gasteiger partial charge in [0, 0.05) is 6.04 Å². The van der Waals surface area contributed by atoms with Crippen LogP contribution in [0.2, 0.25) is 0 Å². The first-order chi connectivity index (χ1) is 9.97. The summed E-state index contributed by atoms with van der Waals surface area (Å²) < 4.78 is 4.69. The smallest absolute Gasteiger partial charge is 0.307 e. The largest absolute Gasteiger partial charge is 0.469 e. The van der Waals surface area contributed by atoms with Gasteiger partial charge in [-0.1, -0.05) is 45.0 Å². The molecule has 0 aliphatic rings. The third-order valence-corrected chi connectivity index (χ3v) is 3.43. The Hall–Kier alpha value is -1.39. The molecule has 0 saturated heterocycles. The van der Waals surface area contributed by atoms with Crippen molar-refractivity contribution in [1.82, 2.24) is 5.32 Å². The van der Waals surface area contributed by atoms with E-state index in [1.807, 2.05) is 31.2 Å². The number of esters is 1. The van der Waals surface area contributed by atoms with Gasteiger partial charge in [-0.25, -0.2) is 0 Å². The molecule has 1 aromatic rings. The van der Waals surface area contributed by atoms with E-state index in [-0.39, 0.29) is 18.4 Å². The van der Waals surface area contributed by atoms with Crippen LogP contribution in [0.25, 0.3) is 0 Å². The number of aliphatic hydroxyl groups excluding tert-OH is 1. The van der Waals surface area contributed by atoms with Gasteiger partial charge in [0.1, 0.15) is 0 Å².